The lowest BCUT2D eigenvalue weighted by atomic mass is 9.81. The number of hydrogen-bond donors (Lipinski definition) is 0. The second-order valence-corrected chi connectivity index (χ2v) is 18.9. The molecule has 0 radical (unpaired) electrons. The summed E-state index contributed by atoms with van der Waals surface area (Å²) in [6.45, 7) is 0. The van der Waals surface area contributed by atoms with Gasteiger partial charge in [-0.25, -0.2) is 0 Å². The maximum absolute atomic E-state index is 2.47. The average Bonchev–Trinajstić information content (AvgIpc) is 3.45. The van der Waals surface area contributed by atoms with Crippen LogP contribution in [0.2, 0.25) is 0 Å². The molecule has 0 fully saturated rings. The molecule has 0 aromatic heterocycles. The quantitative estimate of drug-likeness (QED) is 0.150. The minimum atomic E-state index is 0.794. The molecule has 1 aliphatic rings. The van der Waals surface area contributed by atoms with Crippen LogP contribution in [0.1, 0.15) is 22.3 Å². The van der Waals surface area contributed by atoms with Gasteiger partial charge >= 0.3 is 0 Å². The van der Waals surface area contributed by atoms with Crippen molar-refractivity contribution in [2.75, 3.05) is 9.80 Å². The third-order valence-electron chi connectivity index (χ3n) is 14.5. The summed E-state index contributed by atoms with van der Waals surface area (Å²) in [4.78, 5) is 4.78. The van der Waals surface area contributed by atoms with Crippen molar-refractivity contribution < 1.29 is 0 Å². The van der Waals surface area contributed by atoms with Crippen LogP contribution in [0, 0.1) is 0 Å². The molecule has 12 aromatic carbocycles. The molecule has 12 aromatic rings. The molecule has 0 bridgehead atoms. The number of nitrogens with zero attached hydrogens (tertiary/aromatic N) is 2. The highest BCUT2D eigenvalue weighted by Gasteiger charge is 2.23. The summed E-state index contributed by atoms with van der Waals surface area (Å²) >= 11 is 0. The van der Waals surface area contributed by atoms with Crippen molar-refractivity contribution in [3.63, 3.8) is 0 Å². The van der Waals surface area contributed by atoms with Crippen LogP contribution >= 0.6 is 0 Å². The molecule has 72 heavy (non-hydrogen) atoms. The standard InChI is InChI=1S/C70H50N2/c1-5-19-49(20-6-1)51-25-17-31-61(43-51)71(59-27-9-3-10-28-59)63-37-35-53-47-69-58(42-57(53)46-63)41-54-23-13-15-33-65(54)66-34-16-14-24-55(66)48-70-67-40-38-64(45-56(67)36-39-68(69)70)72(60-29-11-4-12-30-60)62-32-18-26-52(44-62)50-21-7-2-8-22-50/h1-40,42-47H,41,48H2. The van der Waals surface area contributed by atoms with Crippen molar-refractivity contribution in [2.45, 2.75) is 12.8 Å². The number of rotatable bonds is 8. The Morgan fingerprint density at radius 2 is 0.667 bits per heavy atom. The fourth-order valence-corrected chi connectivity index (χ4v) is 11.1. The second kappa shape index (κ2) is 18.6. The van der Waals surface area contributed by atoms with Crippen molar-refractivity contribution in [1.29, 1.82) is 0 Å². The molecule has 1 aliphatic carbocycles. The number of anilines is 6. The fourth-order valence-electron chi connectivity index (χ4n) is 11.1. The van der Waals surface area contributed by atoms with Gasteiger partial charge in [-0.2, -0.15) is 0 Å². The van der Waals surface area contributed by atoms with Gasteiger partial charge in [-0.3, -0.25) is 0 Å². The molecule has 0 saturated heterocycles. The molecule has 0 unspecified atom stereocenters. The Balaban J connectivity index is 0.979. The third-order valence-corrected chi connectivity index (χ3v) is 14.5. The largest absolute Gasteiger partial charge is 0.310 e. The molecule has 2 nitrogen and oxygen atoms in total. The number of benzene rings is 12. The molecule has 0 N–H and O–H groups in total. The van der Waals surface area contributed by atoms with Gasteiger partial charge in [0.15, 0.2) is 0 Å². The summed E-state index contributed by atoms with van der Waals surface area (Å²) in [5.41, 5.74) is 21.9. The summed E-state index contributed by atoms with van der Waals surface area (Å²) in [6.07, 6.45) is 1.59. The van der Waals surface area contributed by atoms with Crippen LogP contribution in [0.15, 0.2) is 279 Å². The first-order chi connectivity index (χ1) is 35.7. The van der Waals surface area contributed by atoms with Gasteiger partial charge in [-0.15, -0.1) is 0 Å². The highest BCUT2D eigenvalue weighted by Crippen LogP contribution is 2.45. The molecule has 0 heterocycles. The van der Waals surface area contributed by atoms with E-state index in [0.29, 0.717) is 0 Å². The maximum Gasteiger partial charge on any atom is 0.0468 e. The minimum absolute atomic E-state index is 0.794. The van der Waals surface area contributed by atoms with Gasteiger partial charge in [-0.05, 0) is 180 Å². The van der Waals surface area contributed by atoms with E-state index in [9.17, 15) is 0 Å². The number of fused-ring (bicyclic) bond motifs is 9. The van der Waals surface area contributed by atoms with E-state index in [0.717, 1.165) is 47.0 Å². The molecular weight excluding hydrogens is 869 g/mol. The van der Waals surface area contributed by atoms with E-state index in [1.807, 2.05) is 0 Å². The first kappa shape index (κ1) is 42.8. The van der Waals surface area contributed by atoms with Crippen LogP contribution in [0.4, 0.5) is 34.1 Å². The van der Waals surface area contributed by atoms with Gasteiger partial charge in [0.2, 0.25) is 0 Å². The van der Waals surface area contributed by atoms with Gasteiger partial charge in [0.25, 0.3) is 0 Å². The Morgan fingerprint density at radius 1 is 0.222 bits per heavy atom. The predicted molar refractivity (Wildman–Crippen MR) is 305 cm³/mol. The van der Waals surface area contributed by atoms with Gasteiger partial charge < -0.3 is 9.80 Å². The second-order valence-electron chi connectivity index (χ2n) is 18.9. The monoisotopic (exact) mass is 918 g/mol. The first-order valence-corrected chi connectivity index (χ1v) is 25.0. The van der Waals surface area contributed by atoms with Crippen LogP contribution in [0.5, 0.6) is 0 Å². The van der Waals surface area contributed by atoms with Crippen molar-refractivity contribution in [3.8, 4) is 44.5 Å². The van der Waals surface area contributed by atoms with Crippen molar-refractivity contribution >= 4 is 55.7 Å². The number of para-hydroxylation sites is 2. The molecule has 13 rings (SSSR count). The zero-order valence-corrected chi connectivity index (χ0v) is 39.9. The van der Waals surface area contributed by atoms with Gasteiger partial charge in [0.1, 0.15) is 0 Å². The molecule has 0 saturated carbocycles. The molecule has 2 heteroatoms. The Kier molecular flexibility index (Phi) is 11.1. The summed E-state index contributed by atoms with van der Waals surface area (Å²) in [5.74, 6) is 0. The van der Waals surface area contributed by atoms with Crippen LogP contribution < -0.4 is 9.80 Å². The predicted octanol–water partition coefficient (Wildman–Crippen LogP) is 19.1. The zero-order chi connectivity index (χ0) is 47.8. The van der Waals surface area contributed by atoms with Crippen LogP contribution in [0.25, 0.3) is 66.1 Å². The smallest absolute Gasteiger partial charge is 0.0468 e. The molecular formula is C70H50N2. The maximum atomic E-state index is 2.47. The van der Waals surface area contributed by atoms with E-state index in [4.69, 9.17) is 0 Å². The summed E-state index contributed by atoms with van der Waals surface area (Å²) in [5, 5.41) is 4.91. The Morgan fingerprint density at radius 3 is 1.25 bits per heavy atom. The lowest BCUT2D eigenvalue weighted by Gasteiger charge is -2.27. The Labute approximate surface area is 422 Å². The van der Waals surface area contributed by atoms with E-state index in [2.05, 4.69) is 289 Å². The summed E-state index contributed by atoms with van der Waals surface area (Å²) in [6, 6.07) is 102. The topological polar surface area (TPSA) is 6.48 Å². The summed E-state index contributed by atoms with van der Waals surface area (Å²) < 4.78 is 0. The van der Waals surface area contributed by atoms with E-state index in [1.54, 1.807) is 0 Å². The molecule has 340 valence electrons. The zero-order valence-electron chi connectivity index (χ0n) is 39.9. The van der Waals surface area contributed by atoms with Gasteiger partial charge in [0.05, 0.1) is 0 Å². The minimum Gasteiger partial charge on any atom is -0.310 e. The SMILES string of the molecule is c1ccc(-c2cccc(N(c3ccccc3)c3ccc4cc5c(cc4c3)Cc3ccccc3-c3ccccc3Cc3c-5ccc4cc(N(c5ccccc5)c5cccc(-c6ccccc6)c5)ccc34)c2)cc1. The molecule has 0 atom stereocenters. The average molecular weight is 919 g/mol. The van der Waals surface area contributed by atoms with Crippen molar-refractivity contribution in [1.82, 2.24) is 0 Å². The number of hydrogen-bond acceptors (Lipinski definition) is 2. The lowest BCUT2D eigenvalue weighted by molar-refractivity contribution is 1.16. The first-order valence-electron chi connectivity index (χ1n) is 25.0. The van der Waals surface area contributed by atoms with Crippen LogP contribution in [-0.4, -0.2) is 0 Å². The fraction of sp³-hybridized carbons (Fsp3) is 0.0286. The van der Waals surface area contributed by atoms with Crippen molar-refractivity contribution in [3.05, 3.63) is 301 Å². The van der Waals surface area contributed by atoms with Crippen molar-refractivity contribution in [2.24, 2.45) is 0 Å². The van der Waals surface area contributed by atoms with E-state index >= 15 is 0 Å². The summed E-state index contributed by atoms with van der Waals surface area (Å²) in [7, 11) is 0. The van der Waals surface area contributed by atoms with Gasteiger partial charge in [0, 0.05) is 34.1 Å². The van der Waals surface area contributed by atoms with Gasteiger partial charge in [-0.1, -0.05) is 200 Å². The molecule has 0 aliphatic heterocycles. The van der Waals surface area contributed by atoms with E-state index < -0.39 is 0 Å². The Hall–Kier alpha value is -9.24. The van der Waals surface area contributed by atoms with Crippen LogP contribution in [-0.2, 0) is 12.8 Å². The molecule has 0 spiro atoms. The van der Waals surface area contributed by atoms with Crippen LogP contribution in [0.3, 0.4) is 0 Å². The highest BCUT2D eigenvalue weighted by atomic mass is 15.1. The van der Waals surface area contributed by atoms with E-state index in [1.165, 1.54) is 88.3 Å². The molecule has 0 amide bonds. The Bertz CT molecular complexity index is 3790. The lowest BCUT2D eigenvalue weighted by Crippen LogP contribution is -2.10. The highest BCUT2D eigenvalue weighted by molar-refractivity contribution is 6.00. The third kappa shape index (κ3) is 8.09. The normalized spacial score (nSPS) is 11.8. The van der Waals surface area contributed by atoms with E-state index in [-0.39, 0.29) is 0 Å².